The first-order valence-electron chi connectivity index (χ1n) is 11.0. The molecule has 0 saturated heterocycles. The third kappa shape index (κ3) is 5.71. The van der Waals surface area contributed by atoms with E-state index >= 15 is 0 Å². The van der Waals surface area contributed by atoms with Crippen LogP contribution in [-0.4, -0.2) is 58.1 Å². The number of amides is 2. The Kier molecular flexibility index (Phi) is 7.06. The lowest BCUT2D eigenvalue weighted by molar-refractivity contribution is -0.137. The number of urea groups is 1. The lowest BCUT2D eigenvalue weighted by Gasteiger charge is -2.15. The van der Waals surface area contributed by atoms with Crippen molar-refractivity contribution in [2.24, 2.45) is 0 Å². The molecule has 3 N–H and O–H groups in total. The fourth-order valence-corrected chi connectivity index (χ4v) is 3.63. The van der Waals surface area contributed by atoms with Gasteiger partial charge in [-0.15, -0.1) is 0 Å². The number of hydrogen-bond donors (Lipinski definition) is 3. The molecule has 4 rings (SSSR count). The molecule has 9 nitrogen and oxygen atoms in total. The van der Waals surface area contributed by atoms with Crippen molar-refractivity contribution in [1.82, 2.24) is 24.4 Å². The Morgan fingerprint density at radius 2 is 1.72 bits per heavy atom. The molecule has 0 aliphatic heterocycles. The second-order valence-electron chi connectivity index (χ2n) is 8.35. The minimum atomic E-state index is -4.52. The number of nitrogens with one attached hydrogen (secondary N) is 3. The number of halogens is 3. The monoisotopic (exact) mass is 498 g/mol. The highest BCUT2D eigenvalue weighted by molar-refractivity contribution is 6.00. The maximum Gasteiger partial charge on any atom is 0.416 e. The van der Waals surface area contributed by atoms with Crippen LogP contribution in [0.3, 0.4) is 0 Å². The molecule has 0 saturated carbocycles. The summed E-state index contributed by atoms with van der Waals surface area (Å²) in [5.74, 6) is 0.605. The van der Waals surface area contributed by atoms with Crippen LogP contribution in [0.15, 0.2) is 55.1 Å². The van der Waals surface area contributed by atoms with Gasteiger partial charge in [0.15, 0.2) is 17.0 Å². The number of fused-ring (bicyclic) bond motifs is 1. The first-order valence-corrected chi connectivity index (χ1v) is 11.0. The number of carbonyl (C=O) groups excluding carboxylic acids is 1. The van der Waals surface area contributed by atoms with Crippen LogP contribution < -0.4 is 16.0 Å². The van der Waals surface area contributed by atoms with Crippen molar-refractivity contribution in [2.45, 2.75) is 12.6 Å². The Balaban J connectivity index is 1.48. The molecule has 0 spiro atoms. The lowest BCUT2D eigenvalue weighted by Crippen LogP contribution is -2.20. The largest absolute Gasteiger partial charge is 0.416 e. The van der Waals surface area contributed by atoms with Gasteiger partial charge in [0.1, 0.15) is 12.7 Å². The zero-order chi connectivity index (χ0) is 25.9. The highest BCUT2D eigenvalue weighted by atomic mass is 19.4. The molecular weight excluding hydrogens is 473 g/mol. The number of carbonyl (C=O) groups is 1. The van der Waals surface area contributed by atoms with Crippen LogP contribution in [0.5, 0.6) is 0 Å². The van der Waals surface area contributed by atoms with Crippen molar-refractivity contribution in [3.63, 3.8) is 0 Å². The predicted octanol–water partition coefficient (Wildman–Crippen LogP) is 4.62. The Morgan fingerprint density at radius 3 is 2.39 bits per heavy atom. The van der Waals surface area contributed by atoms with Gasteiger partial charge in [-0.1, -0.05) is 0 Å². The molecule has 0 radical (unpaired) electrons. The number of nitrogens with zero attached hydrogens (tertiary/aromatic N) is 5. The van der Waals surface area contributed by atoms with Gasteiger partial charge in [0.2, 0.25) is 0 Å². The summed E-state index contributed by atoms with van der Waals surface area (Å²) in [5, 5.41) is 8.12. The fraction of sp³-hybridized carbons (Fsp3) is 0.250. The van der Waals surface area contributed by atoms with E-state index in [1.54, 1.807) is 48.3 Å². The summed E-state index contributed by atoms with van der Waals surface area (Å²) in [5.41, 5.74) is 2.19. The Hall–Kier alpha value is -4.19. The first-order chi connectivity index (χ1) is 17.1. The molecule has 12 heteroatoms. The molecule has 0 fully saturated rings. The number of aromatic nitrogens is 4. The summed E-state index contributed by atoms with van der Waals surface area (Å²) in [4.78, 5) is 27.2. The van der Waals surface area contributed by atoms with Crippen molar-refractivity contribution in [3.05, 3.63) is 66.2 Å². The Labute approximate surface area is 205 Å². The summed E-state index contributed by atoms with van der Waals surface area (Å²) >= 11 is 0. The lowest BCUT2D eigenvalue weighted by atomic mass is 10.1. The van der Waals surface area contributed by atoms with E-state index in [1.807, 2.05) is 19.0 Å². The third-order valence-corrected chi connectivity index (χ3v) is 5.40. The maximum absolute atomic E-state index is 13.4. The van der Waals surface area contributed by atoms with Gasteiger partial charge in [0.25, 0.3) is 0 Å². The standard InChI is InChI=1S/C24H25F3N8O/c1-28-21-20-22(30-13-29-21)35(14-31-20)19-6-4-17(5-7-19)32-23(36)33-18-11-15(8-9-34(2)3)10-16(12-18)24(25,26)27/h4-7,10-14H,8-9H2,1-3H3,(H,28,29,30)(H2,32,33,36). The normalized spacial score (nSPS) is 11.6. The summed E-state index contributed by atoms with van der Waals surface area (Å²) in [6.07, 6.45) is -1.05. The molecule has 188 valence electrons. The average molecular weight is 499 g/mol. The van der Waals surface area contributed by atoms with Crippen molar-refractivity contribution < 1.29 is 18.0 Å². The first kappa shape index (κ1) is 24.9. The summed E-state index contributed by atoms with van der Waals surface area (Å²) < 4.78 is 41.9. The second kappa shape index (κ2) is 10.2. The highest BCUT2D eigenvalue weighted by Crippen LogP contribution is 2.32. The van der Waals surface area contributed by atoms with Gasteiger partial charge >= 0.3 is 12.2 Å². The number of rotatable bonds is 7. The molecule has 2 aromatic carbocycles. The predicted molar refractivity (Wildman–Crippen MR) is 133 cm³/mol. The molecule has 2 amide bonds. The molecule has 0 aliphatic carbocycles. The fourth-order valence-electron chi connectivity index (χ4n) is 3.63. The van der Waals surface area contributed by atoms with Crippen molar-refractivity contribution in [3.8, 4) is 5.69 Å². The van der Waals surface area contributed by atoms with Crippen LogP contribution in [0, 0.1) is 0 Å². The van der Waals surface area contributed by atoms with E-state index in [0.717, 1.165) is 17.8 Å². The van der Waals surface area contributed by atoms with Gasteiger partial charge in [-0.25, -0.2) is 19.7 Å². The maximum atomic E-state index is 13.4. The van der Waals surface area contributed by atoms with E-state index in [-0.39, 0.29) is 5.69 Å². The third-order valence-electron chi connectivity index (χ3n) is 5.40. The molecule has 2 heterocycles. The van der Waals surface area contributed by atoms with Crippen LogP contribution >= 0.6 is 0 Å². The molecule has 36 heavy (non-hydrogen) atoms. The summed E-state index contributed by atoms with van der Waals surface area (Å²) in [7, 11) is 5.43. The smallest absolute Gasteiger partial charge is 0.371 e. The minimum absolute atomic E-state index is 0.0672. The van der Waals surface area contributed by atoms with E-state index in [4.69, 9.17) is 0 Å². The van der Waals surface area contributed by atoms with Crippen molar-refractivity contribution in [2.75, 3.05) is 43.6 Å². The Morgan fingerprint density at radius 1 is 1.00 bits per heavy atom. The summed E-state index contributed by atoms with van der Waals surface area (Å²) in [6.45, 7) is 0.577. The number of anilines is 3. The van der Waals surface area contributed by atoms with Gasteiger partial charge < -0.3 is 20.9 Å². The van der Waals surface area contributed by atoms with Crippen LogP contribution in [0.1, 0.15) is 11.1 Å². The number of benzene rings is 2. The molecule has 0 unspecified atom stereocenters. The van der Waals surface area contributed by atoms with Crippen LogP contribution in [-0.2, 0) is 12.6 Å². The van der Waals surface area contributed by atoms with Crippen LogP contribution in [0.2, 0.25) is 0 Å². The van der Waals surface area contributed by atoms with Gasteiger partial charge in [0.05, 0.1) is 5.56 Å². The SMILES string of the molecule is CNc1ncnc2c1ncn2-c1ccc(NC(=O)Nc2cc(CCN(C)C)cc(C(F)(F)F)c2)cc1. The van der Waals surface area contributed by atoms with Gasteiger partial charge in [-0.2, -0.15) is 13.2 Å². The van der Waals surface area contributed by atoms with Crippen LogP contribution in [0.25, 0.3) is 16.9 Å². The molecule has 0 bridgehead atoms. The topological polar surface area (TPSA) is 100 Å². The second-order valence-corrected chi connectivity index (χ2v) is 8.35. The van der Waals surface area contributed by atoms with Crippen molar-refractivity contribution >= 4 is 34.4 Å². The van der Waals surface area contributed by atoms with E-state index < -0.39 is 17.8 Å². The zero-order valence-electron chi connectivity index (χ0n) is 19.9. The molecule has 4 aromatic rings. The summed E-state index contributed by atoms with van der Waals surface area (Å²) in [6, 6.07) is 9.81. The number of alkyl halides is 3. The van der Waals surface area contributed by atoms with E-state index in [2.05, 4.69) is 30.9 Å². The minimum Gasteiger partial charge on any atom is -0.371 e. The van der Waals surface area contributed by atoms with Gasteiger partial charge in [-0.05, 0) is 68.5 Å². The van der Waals surface area contributed by atoms with Gasteiger partial charge in [0, 0.05) is 30.7 Å². The van der Waals surface area contributed by atoms with Crippen LogP contribution in [0.4, 0.5) is 35.2 Å². The Bertz CT molecular complexity index is 1370. The van der Waals surface area contributed by atoms with E-state index in [9.17, 15) is 18.0 Å². The van der Waals surface area contributed by atoms with Crippen molar-refractivity contribution in [1.29, 1.82) is 0 Å². The molecule has 0 aliphatic rings. The zero-order valence-corrected chi connectivity index (χ0v) is 19.9. The molecular formula is C24H25F3N8O. The number of likely N-dealkylation sites (N-methyl/N-ethyl adjacent to an activating group) is 1. The average Bonchev–Trinajstić information content (AvgIpc) is 3.27. The number of imidazole rings is 1. The highest BCUT2D eigenvalue weighted by Gasteiger charge is 2.31. The quantitative estimate of drug-likeness (QED) is 0.344. The number of hydrogen-bond acceptors (Lipinski definition) is 6. The van der Waals surface area contributed by atoms with Gasteiger partial charge in [-0.3, -0.25) is 4.57 Å². The van der Waals surface area contributed by atoms with E-state index in [0.29, 0.717) is 41.2 Å². The molecule has 0 atom stereocenters. The van der Waals surface area contributed by atoms with E-state index in [1.165, 1.54) is 6.33 Å². The molecule has 2 aromatic heterocycles.